The molecule has 0 unspecified atom stereocenters. The molecule has 0 aliphatic heterocycles. The maximum Gasteiger partial charge on any atom is 0.105 e. The number of hydrogen-bond donors (Lipinski definition) is 5. The molecule has 0 radical (unpaired) electrons. The Morgan fingerprint density at radius 3 is 2.24 bits per heavy atom. The van der Waals surface area contributed by atoms with Crippen LogP contribution in [0.3, 0.4) is 0 Å². The third-order valence-electron chi connectivity index (χ3n) is 8.75. The number of hydrogen-bond acceptors (Lipinski definition) is 5. The average Bonchev–Trinajstić information content (AvgIpc) is 2.71. The second kappa shape index (κ2) is 4.87. The molecule has 4 rings (SSSR count). The summed E-state index contributed by atoms with van der Waals surface area (Å²) >= 11 is 0. The molecule has 4 aliphatic rings. The van der Waals surface area contributed by atoms with Gasteiger partial charge in [0.1, 0.15) is 5.60 Å². The monoisotopic (exact) mass is 352 g/mol. The van der Waals surface area contributed by atoms with E-state index in [1.54, 1.807) is 20.8 Å². The highest BCUT2D eigenvalue weighted by molar-refractivity contribution is 5.31. The van der Waals surface area contributed by atoms with E-state index in [0.29, 0.717) is 19.3 Å². The summed E-state index contributed by atoms with van der Waals surface area (Å²) in [6.45, 7) is 9.67. The molecular weight excluding hydrogens is 320 g/mol. The largest absolute Gasteiger partial charge is 0.392 e. The molecule has 4 aliphatic carbocycles. The predicted molar refractivity (Wildman–Crippen MR) is 92.5 cm³/mol. The third-order valence-corrected chi connectivity index (χ3v) is 8.75. The first-order valence-corrected chi connectivity index (χ1v) is 9.57. The lowest BCUT2D eigenvalue weighted by Gasteiger charge is -2.46. The van der Waals surface area contributed by atoms with Crippen molar-refractivity contribution in [1.29, 1.82) is 0 Å². The second-order valence-corrected chi connectivity index (χ2v) is 10.1. The predicted octanol–water partition coefficient (Wildman–Crippen LogP) is 0.974. The van der Waals surface area contributed by atoms with Crippen molar-refractivity contribution in [2.45, 2.75) is 82.4 Å². The maximum absolute atomic E-state index is 11.6. The van der Waals surface area contributed by atoms with E-state index in [-0.39, 0.29) is 18.3 Å². The molecule has 9 atom stereocenters. The van der Waals surface area contributed by atoms with Crippen molar-refractivity contribution in [3.05, 3.63) is 12.2 Å². The summed E-state index contributed by atoms with van der Waals surface area (Å²) in [6.07, 6.45) is 0.0421. The zero-order valence-corrected chi connectivity index (χ0v) is 15.4. The van der Waals surface area contributed by atoms with Crippen molar-refractivity contribution in [2.24, 2.45) is 28.6 Å². The number of aliphatic hydroxyl groups excluding tert-OH is 3. The highest BCUT2D eigenvalue weighted by Gasteiger charge is 2.72. The minimum atomic E-state index is -1.47. The zero-order valence-electron chi connectivity index (χ0n) is 15.4. The normalized spacial score (nSPS) is 60.1. The summed E-state index contributed by atoms with van der Waals surface area (Å²) in [5.41, 5.74) is -3.12. The summed E-state index contributed by atoms with van der Waals surface area (Å²) in [5, 5.41) is 55.2. The van der Waals surface area contributed by atoms with Crippen molar-refractivity contribution in [2.75, 3.05) is 0 Å². The van der Waals surface area contributed by atoms with E-state index in [2.05, 4.69) is 6.58 Å². The molecule has 0 aromatic rings. The zero-order chi connectivity index (χ0) is 18.6. The molecule has 0 heterocycles. The van der Waals surface area contributed by atoms with Crippen LogP contribution in [-0.2, 0) is 0 Å². The molecule has 25 heavy (non-hydrogen) atoms. The fourth-order valence-corrected chi connectivity index (χ4v) is 7.23. The van der Waals surface area contributed by atoms with Crippen LogP contribution < -0.4 is 0 Å². The lowest BCUT2D eigenvalue weighted by molar-refractivity contribution is -0.174. The molecule has 0 aromatic carbocycles. The molecule has 4 saturated carbocycles. The highest BCUT2D eigenvalue weighted by atomic mass is 16.4. The van der Waals surface area contributed by atoms with Crippen LogP contribution in [0, 0.1) is 28.6 Å². The van der Waals surface area contributed by atoms with Gasteiger partial charge in [0, 0.05) is 22.7 Å². The number of fused-ring (bicyclic) bond motifs is 2. The van der Waals surface area contributed by atoms with Crippen molar-refractivity contribution < 1.29 is 25.5 Å². The van der Waals surface area contributed by atoms with Crippen molar-refractivity contribution in [1.82, 2.24) is 0 Å². The van der Waals surface area contributed by atoms with E-state index < -0.39 is 46.3 Å². The Morgan fingerprint density at radius 1 is 0.960 bits per heavy atom. The van der Waals surface area contributed by atoms with Crippen LogP contribution in [0.2, 0.25) is 0 Å². The van der Waals surface area contributed by atoms with E-state index in [0.717, 1.165) is 12.0 Å². The van der Waals surface area contributed by atoms with Crippen LogP contribution in [0.25, 0.3) is 0 Å². The molecule has 0 amide bonds. The quantitative estimate of drug-likeness (QED) is 0.418. The van der Waals surface area contributed by atoms with Gasteiger partial charge in [-0.1, -0.05) is 26.0 Å². The minimum absolute atomic E-state index is 0.0532. The summed E-state index contributed by atoms with van der Waals surface area (Å²) in [5.74, 6) is -0.649. The Kier molecular flexibility index (Phi) is 3.49. The molecule has 0 aromatic heterocycles. The molecule has 1 spiro atoms. The average molecular weight is 352 g/mol. The third kappa shape index (κ3) is 1.86. The Balaban J connectivity index is 1.85. The first kappa shape index (κ1) is 17.9. The SMILES string of the molecule is C=C1[C@H]2C[C@H](O)C(C)(C)[C@@]2(O)[C@H](O)C[C@]23C[C@@](C)(O)[C@H](CC[C@@H]12)[C@H]3O. The van der Waals surface area contributed by atoms with E-state index in [4.69, 9.17) is 0 Å². The fraction of sp³-hybridized carbons (Fsp3) is 0.900. The lowest BCUT2D eigenvalue weighted by atomic mass is 9.61. The second-order valence-electron chi connectivity index (χ2n) is 10.1. The molecule has 5 nitrogen and oxygen atoms in total. The van der Waals surface area contributed by atoms with Gasteiger partial charge in [-0.3, -0.25) is 0 Å². The van der Waals surface area contributed by atoms with E-state index in [9.17, 15) is 25.5 Å². The Morgan fingerprint density at radius 2 is 1.60 bits per heavy atom. The van der Waals surface area contributed by atoms with Gasteiger partial charge in [0.2, 0.25) is 0 Å². The van der Waals surface area contributed by atoms with Crippen LogP contribution in [-0.4, -0.2) is 55.0 Å². The van der Waals surface area contributed by atoms with Gasteiger partial charge >= 0.3 is 0 Å². The summed E-state index contributed by atoms with van der Waals surface area (Å²) in [4.78, 5) is 0. The van der Waals surface area contributed by atoms with Crippen LogP contribution in [0.5, 0.6) is 0 Å². The van der Waals surface area contributed by atoms with Crippen LogP contribution in [0.1, 0.15) is 52.9 Å². The standard InChI is InChI=1S/C20H32O5/c1-10-11-5-6-12-16(23)19(11,9-18(12,4)24)8-15(22)20(25)13(10)7-14(21)17(20,2)3/h11-16,21-25H,1,5-9H2,2-4H3/t11-,12+,13+,14-,15+,16+,18+,19-,20-/m0/s1. The summed E-state index contributed by atoms with van der Waals surface area (Å²) < 4.78 is 0. The summed E-state index contributed by atoms with van der Waals surface area (Å²) in [6, 6.07) is 0. The van der Waals surface area contributed by atoms with Gasteiger partial charge in [0.05, 0.1) is 23.9 Å². The minimum Gasteiger partial charge on any atom is -0.392 e. The van der Waals surface area contributed by atoms with Gasteiger partial charge in [0.25, 0.3) is 0 Å². The van der Waals surface area contributed by atoms with E-state index in [1.165, 1.54) is 0 Å². The van der Waals surface area contributed by atoms with E-state index >= 15 is 0 Å². The first-order valence-electron chi connectivity index (χ1n) is 9.57. The highest BCUT2D eigenvalue weighted by Crippen LogP contribution is 2.68. The lowest BCUT2D eigenvalue weighted by Crippen LogP contribution is -2.57. The van der Waals surface area contributed by atoms with Crippen molar-refractivity contribution in [3.8, 4) is 0 Å². The van der Waals surface area contributed by atoms with Gasteiger partial charge in [-0.15, -0.1) is 0 Å². The molecule has 142 valence electrons. The maximum atomic E-state index is 11.6. The smallest absolute Gasteiger partial charge is 0.105 e. The van der Waals surface area contributed by atoms with Gasteiger partial charge < -0.3 is 25.5 Å². The molecule has 4 fully saturated rings. The van der Waals surface area contributed by atoms with Crippen LogP contribution >= 0.6 is 0 Å². The first-order chi connectivity index (χ1) is 11.4. The summed E-state index contributed by atoms with van der Waals surface area (Å²) in [7, 11) is 0. The van der Waals surface area contributed by atoms with Gasteiger partial charge in [-0.25, -0.2) is 0 Å². The van der Waals surface area contributed by atoms with Gasteiger partial charge in [-0.05, 0) is 44.9 Å². The molecule has 2 bridgehead atoms. The van der Waals surface area contributed by atoms with Crippen molar-refractivity contribution >= 4 is 0 Å². The van der Waals surface area contributed by atoms with E-state index in [1.807, 2.05) is 0 Å². The Hall–Kier alpha value is -0.460. The van der Waals surface area contributed by atoms with Crippen molar-refractivity contribution in [3.63, 3.8) is 0 Å². The fourth-order valence-electron chi connectivity index (χ4n) is 7.23. The molecule has 0 saturated heterocycles. The Labute approximate surface area is 149 Å². The van der Waals surface area contributed by atoms with Crippen LogP contribution in [0.15, 0.2) is 12.2 Å². The van der Waals surface area contributed by atoms with Crippen LogP contribution in [0.4, 0.5) is 0 Å². The van der Waals surface area contributed by atoms with Gasteiger partial charge in [0.15, 0.2) is 0 Å². The molecule has 5 heteroatoms. The molecular formula is C20H32O5. The van der Waals surface area contributed by atoms with Gasteiger partial charge in [-0.2, -0.15) is 0 Å². The number of aliphatic hydroxyl groups is 5. The number of rotatable bonds is 0. The Bertz CT molecular complexity index is 613. The topological polar surface area (TPSA) is 101 Å². The molecule has 5 N–H and O–H groups in total.